The molecule has 2 aromatic rings. The molecule has 0 bridgehead atoms. The number of halogens is 2. The molecule has 72 valence electrons. The fourth-order valence-electron chi connectivity index (χ4n) is 1.26. The SMILES string of the molecule is O=C(CCl)c1c[nH]c2ccc(F)nc12. The minimum absolute atomic E-state index is 0.134. The van der Waals surface area contributed by atoms with Gasteiger partial charge in [-0.05, 0) is 12.1 Å². The molecule has 0 unspecified atom stereocenters. The van der Waals surface area contributed by atoms with Crippen LogP contribution in [0.5, 0.6) is 0 Å². The van der Waals surface area contributed by atoms with Gasteiger partial charge < -0.3 is 4.98 Å². The second kappa shape index (κ2) is 3.38. The molecule has 3 nitrogen and oxygen atoms in total. The van der Waals surface area contributed by atoms with Crippen LogP contribution in [-0.2, 0) is 0 Å². The topological polar surface area (TPSA) is 45.8 Å². The zero-order chi connectivity index (χ0) is 10.1. The number of aromatic nitrogens is 2. The van der Waals surface area contributed by atoms with Crippen LogP contribution in [0.4, 0.5) is 4.39 Å². The van der Waals surface area contributed by atoms with Gasteiger partial charge in [-0.25, -0.2) is 4.98 Å². The Morgan fingerprint density at radius 3 is 3.07 bits per heavy atom. The summed E-state index contributed by atoms with van der Waals surface area (Å²) < 4.78 is 12.8. The Bertz CT molecular complexity index is 495. The van der Waals surface area contributed by atoms with E-state index in [1.165, 1.54) is 18.3 Å². The van der Waals surface area contributed by atoms with E-state index in [0.29, 0.717) is 16.6 Å². The van der Waals surface area contributed by atoms with Crippen LogP contribution in [-0.4, -0.2) is 21.6 Å². The van der Waals surface area contributed by atoms with E-state index >= 15 is 0 Å². The largest absolute Gasteiger partial charge is 0.359 e. The van der Waals surface area contributed by atoms with E-state index in [4.69, 9.17) is 11.6 Å². The average Bonchev–Trinajstić information content (AvgIpc) is 2.59. The van der Waals surface area contributed by atoms with Gasteiger partial charge in [-0.3, -0.25) is 4.79 Å². The highest BCUT2D eigenvalue weighted by atomic mass is 35.5. The van der Waals surface area contributed by atoms with Crippen LogP contribution < -0.4 is 0 Å². The Morgan fingerprint density at radius 1 is 1.57 bits per heavy atom. The van der Waals surface area contributed by atoms with Crippen LogP contribution in [0.3, 0.4) is 0 Å². The summed E-state index contributed by atoms with van der Waals surface area (Å²) in [7, 11) is 0. The number of nitrogens with one attached hydrogen (secondary N) is 1. The molecule has 2 rings (SSSR count). The van der Waals surface area contributed by atoms with E-state index in [1.807, 2.05) is 0 Å². The van der Waals surface area contributed by atoms with Crippen LogP contribution in [0.1, 0.15) is 10.4 Å². The third kappa shape index (κ3) is 1.37. The number of Topliss-reactive ketones (excluding diaryl/α,β-unsaturated/α-hetero) is 1. The van der Waals surface area contributed by atoms with Gasteiger partial charge in [0.05, 0.1) is 17.0 Å². The van der Waals surface area contributed by atoms with E-state index in [9.17, 15) is 9.18 Å². The van der Waals surface area contributed by atoms with Gasteiger partial charge in [-0.2, -0.15) is 4.39 Å². The van der Waals surface area contributed by atoms with Crippen molar-refractivity contribution in [2.75, 3.05) is 5.88 Å². The standard InChI is InChI=1S/C9H6ClFN2O/c10-3-7(14)5-4-12-6-1-2-8(11)13-9(5)6/h1-2,4,12H,3H2. The molecule has 1 N–H and O–H groups in total. The lowest BCUT2D eigenvalue weighted by Crippen LogP contribution is -1.99. The molecule has 0 saturated carbocycles. The summed E-state index contributed by atoms with van der Waals surface area (Å²) in [5.74, 6) is -1.01. The van der Waals surface area contributed by atoms with Crippen molar-refractivity contribution in [2.24, 2.45) is 0 Å². The molecule has 0 radical (unpaired) electrons. The molecule has 0 spiro atoms. The summed E-state index contributed by atoms with van der Waals surface area (Å²) in [5.41, 5.74) is 1.28. The number of alkyl halides is 1. The molecule has 5 heteroatoms. The van der Waals surface area contributed by atoms with Crippen molar-refractivity contribution in [3.8, 4) is 0 Å². The first-order valence-electron chi connectivity index (χ1n) is 3.95. The van der Waals surface area contributed by atoms with E-state index in [1.54, 1.807) is 0 Å². The lowest BCUT2D eigenvalue weighted by molar-refractivity contribution is 0.102. The molecule has 14 heavy (non-hydrogen) atoms. The number of rotatable bonds is 2. The summed E-state index contributed by atoms with van der Waals surface area (Å²) in [6.07, 6.45) is 1.49. The number of nitrogens with zero attached hydrogens (tertiary/aromatic N) is 1. The number of aromatic amines is 1. The predicted octanol–water partition coefficient (Wildman–Crippen LogP) is 2.12. The number of fused-ring (bicyclic) bond motifs is 1. The van der Waals surface area contributed by atoms with Crippen molar-refractivity contribution in [3.05, 3.63) is 29.8 Å². The highest BCUT2D eigenvalue weighted by Gasteiger charge is 2.12. The maximum absolute atomic E-state index is 12.8. The first kappa shape index (κ1) is 9.15. The molecular formula is C9H6ClFN2O. The third-order valence-corrected chi connectivity index (χ3v) is 2.15. The van der Waals surface area contributed by atoms with E-state index in [-0.39, 0.29) is 11.7 Å². The third-order valence-electron chi connectivity index (χ3n) is 1.91. The first-order valence-corrected chi connectivity index (χ1v) is 4.48. The van der Waals surface area contributed by atoms with Gasteiger partial charge in [-0.15, -0.1) is 11.6 Å². The summed E-state index contributed by atoms with van der Waals surface area (Å²) >= 11 is 5.40. The van der Waals surface area contributed by atoms with Gasteiger partial charge in [0.2, 0.25) is 5.95 Å². The summed E-state index contributed by atoms with van der Waals surface area (Å²) in [4.78, 5) is 17.7. The predicted molar refractivity (Wildman–Crippen MR) is 51.1 cm³/mol. The fraction of sp³-hybridized carbons (Fsp3) is 0.111. The van der Waals surface area contributed by atoms with Gasteiger partial charge in [0, 0.05) is 6.20 Å². The number of carbonyl (C=O) groups excluding carboxylic acids is 1. The van der Waals surface area contributed by atoms with Crippen molar-refractivity contribution in [2.45, 2.75) is 0 Å². The maximum atomic E-state index is 12.8. The van der Waals surface area contributed by atoms with Crippen molar-refractivity contribution < 1.29 is 9.18 Å². The number of hydrogen-bond donors (Lipinski definition) is 1. The summed E-state index contributed by atoms with van der Waals surface area (Å²) in [6.45, 7) is 0. The van der Waals surface area contributed by atoms with Crippen LogP contribution in [0.25, 0.3) is 11.0 Å². The van der Waals surface area contributed by atoms with Gasteiger partial charge >= 0.3 is 0 Å². The normalized spacial score (nSPS) is 10.7. The maximum Gasteiger partial charge on any atom is 0.213 e. The smallest absolute Gasteiger partial charge is 0.213 e. The molecule has 0 amide bonds. The Hall–Kier alpha value is -1.42. The number of ketones is 1. The molecule has 0 atom stereocenters. The number of carbonyl (C=O) groups is 1. The number of hydrogen-bond acceptors (Lipinski definition) is 2. The molecule has 2 heterocycles. The number of pyridine rings is 1. The molecule has 0 saturated heterocycles. The first-order chi connectivity index (χ1) is 6.72. The summed E-state index contributed by atoms with van der Waals surface area (Å²) in [5, 5.41) is 0. The lowest BCUT2D eigenvalue weighted by Gasteiger charge is -1.93. The molecule has 0 fully saturated rings. The van der Waals surface area contributed by atoms with Crippen LogP contribution in [0.2, 0.25) is 0 Å². The summed E-state index contributed by atoms with van der Waals surface area (Å²) in [6, 6.07) is 2.76. The van der Waals surface area contributed by atoms with E-state index in [2.05, 4.69) is 9.97 Å². The van der Waals surface area contributed by atoms with Crippen LogP contribution in [0.15, 0.2) is 18.3 Å². The minimum atomic E-state index is -0.610. The van der Waals surface area contributed by atoms with Gasteiger partial charge in [0.15, 0.2) is 5.78 Å². The fourth-order valence-corrected chi connectivity index (χ4v) is 1.40. The Labute approximate surface area is 83.9 Å². The molecule has 0 aliphatic rings. The van der Waals surface area contributed by atoms with Crippen LogP contribution >= 0.6 is 11.6 Å². The highest BCUT2D eigenvalue weighted by molar-refractivity contribution is 6.31. The molecular weight excluding hydrogens is 207 g/mol. The molecule has 0 aromatic carbocycles. The van der Waals surface area contributed by atoms with Crippen molar-refractivity contribution >= 4 is 28.4 Å². The zero-order valence-electron chi connectivity index (χ0n) is 7.05. The Morgan fingerprint density at radius 2 is 2.36 bits per heavy atom. The second-order valence-corrected chi connectivity index (χ2v) is 3.06. The minimum Gasteiger partial charge on any atom is -0.359 e. The zero-order valence-corrected chi connectivity index (χ0v) is 7.81. The van der Waals surface area contributed by atoms with Gasteiger partial charge in [-0.1, -0.05) is 0 Å². The van der Waals surface area contributed by atoms with Crippen molar-refractivity contribution in [1.82, 2.24) is 9.97 Å². The Kier molecular flexibility index (Phi) is 2.21. The Balaban J connectivity index is 2.67. The van der Waals surface area contributed by atoms with E-state index in [0.717, 1.165) is 0 Å². The molecule has 0 aliphatic heterocycles. The average molecular weight is 213 g/mol. The van der Waals surface area contributed by atoms with Crippen LogP contribution in [0, 0.1) is 5.95 Å². The molecule has 0 aliphatic carbocycles. The molecule has 2 aromatic heterocycles. The van der Waals surface area contributed by atoms with Gasteiger partial charge in [0.1, 0.15) is 5.52 Å². The monoisotopic (exact) mass is 212 g/mol. The highest BCUT2D eigenvalue weighted by Crippen LogP contribution is 2.16. The lowest BCUT2D eigenvalue weighted by atomic mass is 10.2. The van der Waals surface area contributed by atoms with Gasteiger partial charge in [0.25, 0.3) is 0 Å². The van der Waals surface area contributed by atoms with E-state index < -0.39 is 5.95 Å². The number of H-pyrrole nitrogens is 1. The second-order valence-electron chi connectivity index (χ2n) is 2.79. The van der Waals surface area contributed by atoms with Crippen molar-refractivity contribution in [1.29, 1.82) is 0 Å². The quantitative estimate of drug-likeness (QED) is 0.471. The van der Waals surface area contributed by atoms with Crippen molar-refractivity contribution in [3.63, 3.8) is 0 Å².